The van der Waals surface area contributed by atoms with Gasteiger partial charge in [0, 0.05) is 18.0 Å². The first-order valence-electron chi connectivity index (χ1n) is 5.36. The number of aromatic nitrogens is 1. The van der Waals surface area contributed by atoms with Crippen LogP contribution >= 0.6 is 11.6 Å². The Bertz CT molecular complexity index is 631. The summed E-state index contributed by atoms with van der Waals surface area (Å²) < 4.78 is 30.2. The maximum Gasteiger partial charge on any atom is 0.138 e. The van der Waals surface area contributed by atoms with E-state index in [1.54, 1.807) is 18.4 Å². The lowest BCUT2D eigenvalue weighted by molar-refractivity contribution is 0.414. The first-order valence-corrected chi connectivity index (χ1v) is 7.29. The Hall–Kier alpha value is -1.46. The Labute approximate surface area is 117 Å². The molecule has 0 saturated carbocycles. The fourth-order valence-electron chi connectivity index (χ4n) is 1.59. The van der Waals surface area contributed by atoms with Crippen LogP contribution in [-0.4, -0.2) is 22.6 Å². The largest absolute Gasteiger partial charge is 0.495 e. The van der Waals surface area contributed by atoms with Gasteiger partial charge in [0.2, 0.25) is 0 Å². The van der Waals surface area contributed by atoms with E-state index in [9.17, 15) is 8.60 Å². The summed E-state index contributed by atoms with van der Waals surface area (Å²) in [5.41, 5.74) is 0.719. The first kappa shape index (κ1) is 14.0. The molecule has 19 heavy (non-hydrogen) atoms. The summed E-state index contributed by atoms with van der Waals surface area (Å²) in [6.07, 6.45) is 3.02. The molecular formula is C13H11ClFNO2S. The number of benzene rings is 1. The summed E-state index contributed by atoms with van der Waals surface area (Å²) in [4.78, 5) is 4.69. The van der Waals surface area contributed by atoms with E-state index in [0.29, 0.717) is 16.3 Å². The number of hydrogen-bond acceptors (Lipinski definition) is 3. The molecule has 0 amide bonds. The van der Waals surface area contributed by atoms with E-state index in [-0.39, 0.29) is 10.6 Å². The zero-order valence-corrected chi connectivity index (χ0v) is 11.9. The highest BCUT2D eigenvalue weighted by Gasteiger charge is 2.12. The molecule has 100 valence electrons. The Balaban J connectivity index is 2.49. The number of methoxy groups -OCH3 is 1. The van der Waals surface area contributed by atoms with Gasteiger partial charge in [-0.25, -0.2) is 4.39 Å². The number of nitrogens with zero attached hydrogens (tertiary/aromatic N) is 1. The highest BCUT2D eigenvalue weighted by atomic mass is 35.5. The van der Waals surface area contributed by atoms with Crippen molar-refractivity contribution in [1.82, 2.24) is 4.98 Å². The van der Waals surface area contributed by atoms with Crippen molar-refractivity contribution in [3.05, 3.63) is 41.3 Å². The molecule has 0 bridgehead atoms. The molecule has 1 aromatic heterocycles. The Morgan fingerprint density at radius 2 is 2.11 bits per heavy atom. The Morgan fingerprint density at radius 3 is 2.63 bits per heavy atom. The number of halogens is 2. The van der Waals surface area contributed by atoms with Crippen LogP contribution < -0.4 is 4.74 Å². The zero-order chi connectivity index (χ0) is 14.0. The lowest BCUT2D eigenvalue weighted by Gasteiger charge is -2.08. The van der Waals surface area contributed by atoms with E-state index >= 15 is 0 Å². The van der Waals surface area contributed by atoms with Crippen molar-refractivity contribution in [2.45, 2.75) is 4.90 Å². The van der Waals surface area contributed by atoms with Gasteiger partial charge in [-0.05, 0) is 24.3 Å². The Kier molecular flexibility index (Phi) is 4.17. The van der Waals surface area contributed by atoms with E-state index < -0.39 is 16.6 Å². The quantitative estimate of drug-likeness (QED) is 0.873. The molecule has 3 nitrogen and oxygen atoms in total. The van der Waals surface area contributed by atoms with Gasteiger partial charge in [0.25, 0.3) is 0 Å². The van der Waals surface area contributed by atoms with Crippen LogP contribution in [0.25, 0.3) is 11.3 Å². The number of pyridine rings is 1. The second kappa shape index (κ2) is 5.67. The lowest BCUT2D eigenvalue weighted by Crippen LogP contribution is -1.94. The number of ether oxygens (including phenoxy) is 1. The normalized spacial score (nSPS) is 12.2. The van der Waals surface area contributed by atoms with Gasteiger partial charge >= 0.3 is 0 Å². The molecule has 1 heterocycles. The molecule has 2 aromatic rings. The monoisotopic (exact) mass is 299 g/mol. The van der Waals surface area contributed by atoms with Crippen LogP contribution in [0.3, 0.4) is 0 Å². The minimum atomic E-state index is -1.11. The highest BCUT2D eigenvalue weighted by Crippen LogP contribution is 2.32. The molecule has 1 aromatic carbocycles. The molecule has 0 N–H and O–H groups in total. The SMILES string of the molecule is COc1cc(-c2ccc(S(C)=O)cn2)c(F)cc1Cl. The van der Waals surface area contributed by atoms with Crippen molar-refractivity contribution < 1.29 is 13.3 Å². The van der Waals surface area contributed by atoms with Crippen molar-refractivity contribution in [3.63, 3.8) is 0 Å². The van der Waals surface area contributed by atoms with Gasteiger partial charge in [-0.3, -0.25) is 9.19 Å². The molecule has 0 radical (unpaired) electrons. The third kappa shape index (κ3) is 2.93. The molecule has 0 spiro atoms. The zero-order valence-electron chi connectivity index (χ0n) is 10.3. The number of rotatable bonds is 3. The van der Waals surface area contributed by atoms with E-state index in [1.165, 1.54) is 25.4 Å². The molecule has 0 fully saturated rings. The maximum absolute atomic E-state index is 13.9. The van der Waals surface area contributed by atoms with Gasteiger partial charge in [-0.1, -0.05) is 11.6 Å². The minimum absolute atomic E-state index is 0.204. The summed E-state index contributed by atoms with van der Waals surface area (Å²) in [6, 6.07) is 5.94. The molecule has 2 rings (SSSR count). The maximum atomic E-state index is 13.9. The van der Waals surface area contributed by atoms with Crippen LogP contribution in [0.5, 0.6) is 5.75 Å². The fourth-order valence-corrected chi connectivity index (χ4v) is 2.28. The summed E-state index contributed by atoms with van der Waals surface area (Å²) >= 11 is 5.83. The average Bonchev–Trinajstić information content (AvgIpc) is 2.39. The lowest BCUT2D eigenvalue weighted by atomic mass is 10.1. The summed E-state index contributed by atoms with van der Waals surface area (Å²) in [5, 5.41) is 0.204. The van der Waals surface area contributed by atoms with Crippen LogP contribution in [-0.2, 0) is 10.8 Å². The second-order valence-corrected chi connectivity index (χ2v) is 5.59. The van der Waals surface area contributed by atoms with Crippen molar-refractivity contribution in [2.24, 2.45) is 0 Å². The van der Waals surface area contributed by atoms with Crippen LogP contribution in [0.1, 0.15) is 0 Å². The fraction of sp³-hybridized carbons (Fsp3) is 0.154. The van der Waals surface area contributed by atoms with E-state index in [0.717, 1.165) is 0 Å². The van der Waals surface area contributed by atoms with Gasteiger partial charge in [-0.2, -0.15) is 0 Å². The van der Waals surface area contributed by atoms with Crippen LogP contribution in [0.4, 0.5) is 4.39 Å². The molecule has 0 aliphatic carbocycles. The van der Waals surface area contributed by atoms with Crippen molar-refractivity contribution in [2.75, 3.05) is 13.4 Å². The van der Waals surface area contributed by atoms with Gasteiger partial charge in [-0.15, -0.1) is 0 Å². The summed E-state index contributed by atoms with van der Waals surface area (Å²) in [6.45, 7) is 0. The van der Waals surface area contributed by atoms with E-state index in [2.05, 4.69) is 4.98 Å². The van der Waals surface area contributed by atoms with Crippen molar-refractivity contribution >= 4 is 22.4 Å². The van der Waals surface area contributed by atoms with Crippen LogP contribution in [0, 0.1) is 5.82 Å². The van der Waals surface area contributed by atoms with Crippen molar-refractivity contribution in [3.8, 4) is 17.0 Å². The third-order valence-electron chi connectivity index (χ3n) is 2.59. The average molecular weight is 300 g/mol. The molecule has 1 atom stereocenters. The predicted molar refractivity (Wildman–Crippen MR) is 73.5 cm³/mol. The molecule has 0 aliphatic heterocycles. The smallest absolute Gasteiger partial charge is 0.138 e. The van der Waals surface area contributed by atoms with Gasteiger partial charge in [0.05, 0.1) is 33.5 Å². The topological polar surface area (TPSA) is 39.2 Å². The molecule has 6 heteroatoms. The van der Waals surface area contributed by atoms with Gasteiger partial charge in [0.1, 0.15) is 11.6 Å². The third-order valence-corrected chi connectivity index (χ3v) is 3.79. The second-order valence-electron chi connectivity index (χ2n) is 3.80. The standard InChI is InChI=1S/C13H11ClFNO2S/c1-18-13-5-9(11(15)6-10(13)14)12-4-3-8(7-16-12)19(2)17/h3-7H,1-2H3. The number of hydrogen-bond donors (Lipinski definition) is 0. The minimum Gasteiger partial charge on any atom is -0.495 e. The molecular weight excluding hydrogens is 289 g/mol. The predicted octanol–water partition coefficient (Wildman–Crippen LogP) is 3.29. The first-order chi connectivity index (χ1) is 9.02. The van der Waals surface area contributed by atoms with Crippen LogP contribution in [0.15, 0.2) is 35.4 Å². The van der Waals surface area contributed by atoms with Crippen LogP contribution in [0.2, 0.25) is 5.02 Å². The molecule has 0 saturated heterocycles. The van der Waals surface area contributed by atoms with Crippen molar-refractivity contribution in [1.29, 1.82) is 0 Å². The summed E-state index contributed by atoms with van der Waals surface area (Å²) in [7, 11) is 0.347. The molecule has 0 aliphatic rings. The van der Waals surface area contributed by atoms with Gasteiger partial charge < -0.3 is 4.74 Å². The highest BCUT2D eigenvalue weighted by molar-refractivity contribution is 7.84. The Morgan fingerprint density at radius 1 is 1.37 bits per heavy atom. The van der Waals surface area contributed by atoms with E-state index in [1.807, 2.05) is 0 Å². The molecule has 1 unspecified atom stereocenters. The van der Waals surface area contributed by atoms with Gasteiger partial charge in [0.15, 0.2) is 0 Å². The van der Waals surface area contributed by atoms with E-state index in [4.69, 9.17) is 16.3 Å². The summed E-state index contributed by atoms with van der Waals surface area (Å²) in [5.74, 6) is -0.105.